The first-order chi connectivity index (χ1) is 12.7. The van der Waals surface area contributed by atoms with Gasteiger partial charge in [-0.15, -0.1) is 0 Å². The average molecular weight is 370 g/mol. The van der Waals surface area contributed by atoms with E-state index in [1.165, 1.54) is 13.1 Å². The second-order valence-corrected chi connectivity index (χ2v) is 7.18. The van der Waals surface area contributed by atoms with Crippen molar-refractivity contribution in [3.63, 3.8) is 0 Å². The van der Waals surface area contributed by atoms with Gasteiger partial charge in [0.25, 0.3) is 5.56 Å². The van der Waals surface area contributed by atoms with Crippen molar-refractivity contribution in [2.75, 3.05) is 18.0 Å². The van der Waals surface area contributed by atoms with Crippen molar-refractivity contribution in [2.24, 2.45) is 0 Å². The van der Waals surface area contributed by atoms with Crippen molar-refractivity contribution in [1.29, 1.82) is 5.26 Å². The number of rotatable bonds is 3. The molecule has 2 aromatic heterocycles. The number of hydrogen-bond acceptors (Lipinski definition) is 7. The van der Waals surface area contributed by atoms with Crippen LogP contribution in [0.4, 0.5) is 5.69 Å². The van der Waals surface area contributed by atoms with Gasteiger partial charge in [0.05, 0.1) is 28.7 Å². The van der Waals surface area contributed by atoms with Crippen molar-refractivity contribution in [2.45, 2.75) is 45.3 Å². The predicted molar refractivity (Wildman–Crippen MR) is 99.3 cm³/mol. The second-order valence-electron chi connectivity index (χ2n) is 7.18. The molecule has 0 aromatic carbocycles. The van der Waals surface area contributed by atoms with Crippen LogP contribution in [0, 0.1) is 11.3 Å². The molecular weight excluding hydrogens is 348 g/mol. The zero-order valence-corrected chi connectivity index (χ0v) is 15.6. The predicted octanol–water partition coefficient (Wildman–Crippen LogP) is 1.77. The third-order valence-corrected chi connectivity index (χ3v) is 4.92. The second kappa shape index (κ2) is 7.00. The Balaban J connectivity index is 2.15. The van der Waals surface area contributed by atoms with Crippen LogP contribution in [0.25, 0.3) is 10.9 Å². The van der Waals surface area contributed by atoms with Gasteiger partial charge in [0, 0.05) is 25.4 Å². The summed E-state index contributed by atoms with van der Waals surface area (Å²) in [5.74, 6) is -0.415. The number of pyridine rings is 2. The van der Waals surface area contributed by atoms with Gasteiger partial charge in [-0.3, -0.25) is 14.6 Å². The molecule has 3 heterocycles. The van der Waals surface area contributed by atoms with Crippen molar-refractivity contribution in [3.8, 4) is 6.07 Å². The van der Waals surface area contributed by atoms with E-state index in [0.717, 1.165) is 0 Å². The number of H-pyrrole nitrogens is 1. The Hall–Kier alpha value is -2.92. The van der Waals surface area contributed by atoms with Crippen LogP contribution in [0.3, 0.4) is 0 Å². The van der Waals surface area contributed by atoms with E-state index in [-0.39, 0.29) is 5.56 Å². The number of carbonyl (C=O) groups excluding carboxylic acids is 1. The molecule has 0 radical (unpaired) electrons. The van der Waals surface area contributed by atoms with Gasteiger partial charge < -0.3 is 19.7 Å². The van der Waals surface area contributed by atoms with Crippen molar-refractivity contribution >= 4 is 22.6 Å². The molecule has 1 unspecified atom stereocenters. The van der Waals surface area contributed by atoms with Crippen molar-refractivity contribution in [3.05, 3.63) is 33.9 Å². The Morgan fingerprint density at radius 3 is 2.74 bits per heavy atom. The topological polar surface area (TPSA) is 119 Å². The molecule has 0 bridgehead atoms. The van der Waals surface area contributed by atoms with Crippen LogP contribution >= 0.6 is 0 Å². The highest BCUT2D eigenvalue weighted by molar-refractivity contribution is 5.94. The molecule has 8 heteroatoms. The summed E-state index contributed by atoms with van der Waals surface area (Å²) in [6.45, 7) is 5.88. The first-order valence-corrected chi connectivity index (χ1v) is 8.82. The number of aromatic amines is 1. The molecule has 142 valence electrons. The first-order valence-electron chi connectivity index (χ1n) is 8.82. The molecule has 1 aliphatic rings. The maximum absolute atomic E-state index is 12.4. The van der Waals surface area contributed by atoms with E-state index < -0.39 is 23.2 Å². The van der Waals surface area contributed by atoms with E-state index in [1.54, 1.807) is 19.9 Å². The van der Waals surface area contributed by atoms with Crippen molar-refractivity contribution < 1.29 is 14.6 Å². The number of hydrogen-bond donors (Lipinski definition) is 2. The highest BCUT2D eigenvalue weighted by Crippen LogP contribution is 2.33. The number of aromatic nitrogens is 2. The van der Waals surface area contributed by atoms with E-state index in [0.29, 0.717) is 48.2 Å². The summed E-state index contributed by atoms with van der Waals surface area (Å²) < 4.78 is 5.19. The van der Waals surface area contributed by atoms with Gasteiger partial charge >= 0.3 is 5.97 Å². The van der Waals surface area contributed by atoms with Crippen LogP contribution in [0.1, 0.15) is 51.0 Å². The smallest absolute Gasteiger partial charge is 0.303 e. The fourth-order valence-corrected chi connectivity index (χ4v) is 3.37. The number of nitrogens with zero attached hydrogens (tertiary/aromatic N) is 3. The number of ether oxygens (including phenoxy) is 1. The number of anilines is 1. The third-order valence-electron chi connectivity index (χ3n) is 4.92. The van der Waals surface area contributed by atoms with Gasteiger partial charge in [0.2, 0.25) is 0 Å². The highest BCUT2D eigenvalue weighted by atomic mass is 16.5. The largest absolute Gasteiger partial charge is 0.456 e. The summed E-state index contributed by atoms with van der Waals surface area (Å²) in [7, 11) is 0. The Labute approximate surface area is 156 Å². The molecule has 2 N–H and O–H groups in total. The fraction of sp³-hybridized carbons (Fsp3) is 0.474. The average Bonchev–Trinajstić information content (AvgIpc) is 2.60. The molecule has 0 spiro atoms. The summed E-state index contributed by atoms with van der Waals surface area (Å²) >= 11 is 0. The minimum atomic E-state index is -0.753. The first kappa shape index (κ1) is 18.9. The number of aliphatic hydroxyl groups is 1. The van der Waals surface area contributed by atoms with E-state index in [2.05, 4.69) is 9.97 Å². The van der Waals surface area contributed by atoms with Crippen LogP contribution in [0.2, 0.25) is 0 Å². The lowest BCUT2D eigenvalue weighted by Crippen LogP contribution is -2.43. The molecule has 1 atom stereocenters. The van der Waals surface area contributed by atoms with Gasteiger partial charge in [-0.1, -0.05) is 0 Å². The number of piperidine rings is 1. The summed E-state index contributed by atoms with van der Waals surface area (Å²) in [6, 6.07) is 3.74. The number of nitrogens with one attached hydrogen (secondary N) is 1. The molecule has 0 amide bonds. The van der Waals surface area contributed by atoms with Crippen LogP contribution in [-0.4, -0.2) is 39.7 Å². The van der Waals surface area contributed by atoms with Crippen molar-refractivity contribution in [1.82, 2.24) is 9.97 Å². The minimum absolute atomic E-state index is 0.0290. The molecule has 1 saturated heterocycles. The van der Waals surface area contributed by atoms with E-state index in [9.17, 15) is 20.0 Å². The van der Waals surface area contributed by atoms with Gasteiger partial charge in [-0.25, -0.2) is 0 Å². The van der Waals surface area contributed by atoms with Gasteiger partial charge in [0.15, 0.2) is 0 Å². The lowest BCUT2D eigenvalue weighted by molar-refractivity contribution is -0.145. The quantitative estimate of drug-likeness (QED) is 0.790. The molecule has 0 aliphatic carbocycles. The van der Waals surface area contributed by atoms with Crippen LogP contribution in [-0.2, 0) is 9.53 Å². The molecule has 3 rings (SSSR count). The Kier molecular flexibility index (Phi) is 4.89. The molecular formula is C19H22N4O4. The summed E-state index contributed by atoms with van der Waals surface area (Å²) in [6.07, 6.45) is 2.03. The monoisotopic (exact) mass is 370 g/mol. The summed E-state index contributed by atoms with van der Waals surface area (Å²) in [5, 5.41) is 20.4. The Morgan fingerprint density at radius 2 is 2.15 bits per heavy atom. The molecule has 8 nitrogen and oxygen atoms in total. The molecule has 1 fully saturated rings. The van der Waals surface area contributed by atoms with Crippen LogP contribution < -0.4 is 10.5 Å². The zero-order valence-electron chi connectivity index (χ0n) is 15.6. The number of fused-ring (bicyclic) bond motifs is 1. The van der Waals surface area contributed by atoms with Crippen LogP contribution in [0.5, 0.6) is 0 Å². The fourth-order valence-electron chi connectivity index (χ4n) is 3.37. The maximum Gasteiger partial charge on any atom is 0.303 e. The van der Waals surface area contributed by atoms with E-state index in [4.69, 9.17) is 4.74 Å². The van der Waals surface area contributed by atoms with E-state index in [1.807, 2.05) is 11.0 Å². The third kappa shape index (κ3) is 3.78. The molecule has 1 aliphatic heterocycles. The van der Waals surface area contributed by atoms with Crippen LogP contribution in [0.15, 0.2) is 17.1 Å². The number of nitriles is 1. The zero-order chi connectivity index (χ0) is 19.8. The number of carbonyl (C=O) groups is 1. The maximum atomic E-state index is 12.4. The standard InChI is InChI=1S/C19H22N4O4/c1-11(27-12(2)24)15-8-13-16(10-21-15)22-18(25)14(9-20)17(13)23-6-4-19(3,26)5-7-23/h8,10-11,26H,4-7H2,1-3H3,(H,22,25). The highest BCUT2D eigenvalue weighted by Gasteiger charge is 2.30. The summed E-state index contributed by atoms with van der Waals surface area (Å²) in [4.78, 5) is 32.5. The van der Waals surface area contributed by atoms with Gasteiger partial charge in [0.1, 0.15) is 17.7 Å². The Bertz CT molecular complexity index is 980. The molecule has 2 aromatic rings. The Morgan fingerprint density at radius 1 is 1.48 bits per heavy atom. The van der Waals surface area contributed by atoms with Gasteiger partial charge in [-0.05, 0) is 32.8 Å². The molecule has 0 saturated carbocycles. The normalized spacial score (nSPS) is 17.4. The lowest BCUT2D eigenvalue weighted by atomic mass is 9.93. The SMILES string of the molecule is CC(=O)OC(C)c1cc2c(N3CCC(C)(O)CC3)c(C#N)c(=O)[nH]c2cn1. The molecule has 27 heavy (non-hydrogen) atoms. The lowest BCUT2D eigenvalue weighted by Gasteiger charge is -2.37. The summed E-state index contributed by atoms with van der Waals surface area (Å²) in [5.41, 5.74) is 0.368. The van der Waals surface area contributed by atoms with Gasteiger partial charge in [-0.2, -0.15) is 5.26 Å². The minimum Gasteiger partial charge on any atom is -0.456 e. The van der Waals surface area contributed by atoms with E-state index >= 15 is 0 Å². The number of esters is 1.